The lowest BCUT2D eigenvalue weighted by Crippen LogP contribution is -2.50. The van der Waals surface area contributed by atoms with E-state index in [1.54, 1.807) is 0 Å². The fraction of sp³-hybridized carbons (Fsp3) is 0.476. The van der Waals surface area contributed by atoms with Gasteiger partial charge in [0, 0.05) is 23.2 Å². The van der Waals surface area contributed by atoms with E-state index < -0.39 is 26.6 Å². The molecule has 10 heteroatoms. The third-order valence-electron chi connectivity index (χ3n) is 5.62. The standard InChI is InChI=1S/C21H27N3O5S2/c1-29-17(25)13-16-18(15-9-5-3-6-10-15)23-20(30-16)24-19(26)22-14-21(31(2,27)28)11-7-4-8-12-21/h3,5-6,9-10H,4,7-8,11-14H2,1-2H3,(H2,22,23,24,26). The number of methoxy groups -OCH3 is 1. The van der Waals surface area contributed by atoms with Crippen LogP contribution in [0.5, 0.6) is 0 Å². The highest BCUT2D eigenvalue weighted by molar-refractivity contribution is 7.92. The molecule has 8 nitrogen and oxygen atoms in total. The van der Waals surface area contributed by atoms with Crippen LogP contribution in [0.2, 0.25) is 0 Å². The molecule has 1 saturated carbocycles. The number of thiazole rings is 1. The fourth-order valence-corrected chi connectivity index (χ4v) is 6.14. The van der Waals surface area contributed by atoms with Crippen LogP contribution in [0.1, 0.15) is 37.0 Å². The number of sulfone groups is 1. The number of carbonyl (C=O) groups excluding carboxylic acids is 2. The van der Waals surface area contributed by atoms with Gasteiger partial charge in [-0.25, -0.2) is 18.2 Å². The van der Waals surface area contributed by atoms with Crippen molar-refractivity contribution in [2.45, 2.75) is 43.3 Å². The lowest BCUT2D eigenvalue weighted by molar-refractivity contribution is -0.139. The van der Waals surface area contributed by atoms with Gasteiger partial charge in [0.1, 0.15) is 0 Å². The van der Waals surface area contributed by atoms with Gasteiger partial charge in [-0.05, 0) is 12.8 Å². The molecule has 0 aliphatic heterocycles. The summed E-state index contributed by atoms with van der Waals surface area (Å²) >= 11 is 1.19. The van der Waals surface area contributed by atoms with Crippen molar-refractivity contribution in [3.8, 4) is 11.3 Å². The number of rotatable bonds is 7. The van der Waals surface area contributed by atoms with E-state index in [4.69, 9.17) is 4.74 Å². The van der Waals surface area contributed by atoms with Crippen LogP contribution in [0.25, 0.3) is 11.3 Å². The predicted molar refractivity (Wildman–Crippen MR) is 121 cm³/mol. The summed E-state index contributed by atoms with van der Waals surface area (Å²) in [6.45, 7) is 0.0591. The number of amides is 2. The van der Waals surface area contributed by atoms with E-state index in [9.17, 15) is 18.0 Å². The number of urea groups is 1. The Morgan fingerprint density at radius 3 is 2.45 bits per heavy atom. The Labute approximate surface area is 186 Å². The van der Waals surface area contributed by atoms with Crippen LogP contribution in [0.15, 0.2) is 30.3 Å². The van der Waals surface area contributed by atoms with Crippen molar-refractivity contribution >= 4 is 38.3 Å². The molecule has 0 spiro atoms. The van der Waals surface area contributed by atoms with E-state index in [1.807, 2.05) is 30.3 Å². The summed E-state index contributed by atoms with van der Waals surface area (Å²) in [7, 11) is -2.00. The van der Waals surface area contributed by atoms with Gasteiger partial charge in [-0.15, -0.1) is 11.3 Å². The largest absolute Gasteiger partial charge is 0.469 e. The van der Waals surface area contributed by atoms with E-state index >= 15 is 0 Å². The Balaban J connectivity index is 1.74. The zero-order chi connectivity index (χ0) is 22.5. The lowest BCUT2D eigenvalue weighted by Gasteiger charge is -2.35. The number of hydrogen-bond acceptors (Lipinski definition) is 7. The Kier molecular flexibility index (Phi) is 7.32. The summed E-state index contributed by atoms with van der Waals surface area (Å²) < 4.78 is 28.6. The van der Waals surface area contributed by atoms with Gasteiger partial charge in [-0.2, -0.15) is 0 Å². The molecule has 3 rings (SSSR count). The molecule has 2 aromatic rings. The molecule has 2 amide bonds. The molecule has 0 bridgehead atoms. The van der Waals surface area contributed by atoms with Crippen LogP contribution < -0.4 is 10.6 Å². The minimum atomic E-state index is -3.32. The van der Waals surface area contributed by atoms with Gasteiger partial charge in [0.25, 0.3) is 0 Å². The molecule has 1 aliphatic rings. The lowest BCUT2D eigenvalue weighted by atomic mass is 9.88. The second kappa shape index (κ2) is 9.78. The zero-order valence-corrected chi connectivity index (χ0v) is 19.3. The highest BCUT2D eigenvalue weighted by Gasteiger charge is 2.41. The number of benzene rings is 1. The van der Waals surface area contributed by atoms with Gasteiger partial charge >= 0.3 is 12.0 Å². The van der Waals surface area contributed by atoms with Crippen LogP contribution in [0.3, 0.4) is 0 Å². The molecule has 1 aromatic carbocycles. The smallest absolute Gasteiger partial charge is 0.321 e. The highest BCUT2D eigenvalue weighted by Crippen LogP contribution is 2.35. The molecule has 0 atom stereocenters. The summed E-state index contributed by atoms with van der Waals surface area (Å²) in [6.07, 6.45) is 5.05. The number of esters is 1. The second-order valence-corrected chi connectivity index (χ2v) is 11.2. The third-order valence-corrected chi connectivity index (χ3v) is 8.72. The fourth-order valence-electron chi connectivity index (χ4n) is 3.81. The monoisotopic (exact) mass is 465 g/mol. The number of anilines is 1. The topological polar surface area (TPSA) is 114 Å². The molecule has 1 heterocycles. The minimum Gasteiger partial charge on any atom is -0.469 e. The van der Waals surface area contributed by atoms with Crippen LogP contribution in [0.4, 0.5) is 9.93 Å². The first kappa shape index (κ1) is 23.2. The molecule has 1 fully saturated rings. The summed E-state index contributed by atoms with van der Waals surface area (Å²) in [4.78, 5) is 29.5. The van der Waals surface area contributed by atoms with Crippen molar-refractivity contribution in [2.24, 2.45) is 0 Å². The predicted octanol–water partition coefficient (Wildman–Crippen LogP) is 3.39. The van der Waals surface area contributed by atoms with Gasteiger partial charge in [0.15, 0.2) is 15.0 Å². The van der Waals surface area contributed by atoms with Crippen molar-refractivity contribution in [3.63, 3.8) is 0 Å². The first-order chi connectivity index (χ1) is 14.7. The van der Waals surface area contributed by atoms with Gasteiger partial charge < -0.3 is 10.1 Å². The van der Waals surface area contributed by atoms with Crippen molar-refractivity contribution in [2.75, 3.05) is 25.2 Å². The molecule has 31 heavy (non-hydrogen) atoms. The molecule has 1 aliphatic carbocycles. The van der Waals surface area contributed by atoms with E-state index in [1.165, 1.54) is 24.7 Å². The molecular formula is C21H27N3O5S2. The van der Waals surface area contributed by atoms with Crippen molar-refractivity contribution in [1.82, 2.24) is 10.3 Å². The first-order valence-corrected chi connectivity index (χ1v) is 12.8. The van der Waals surface area contributed by atoms with Crippen molar-refractivity contribution < 1.29 is 22.7 Å². The van der Waals surface area contributed by atoms with E-state index in [0.717, 1.165) is 24.8 Å². The van der Waals surface area contributed by atoms with Gasteiger partial charge in [-0.1, -0.05) is 49.6 Å². The highest BCUT2D eigenvalue weighted by atomic mass is 32.2. The molecule has 2 N–H and O–H groups in total. The number of aromatic nitrogens is 1. The Morgan fingerprint density at radius 1 is 1.16 bits per heavy atom. The van der Waals surface area contributed by atoms with E-state index in [2.05, 4.69) is 15.6 Å². The average Bonchev–Trinajstić information content (AvgIpc) is 3.14. The van der Waals surface area contributed by atoms with Crippen LogP contribution in [-0.4, -0.2) is 50.1 Å². The number of nitrogens with one attached hydrogen (secondary N) is 2. The Hall–Kier alpha value is -2.46. The zero-order valence-electron chi connectivity index (χ0n) is 17.6. The van der Waals surface area contributed by atoms with Gasteiger partial charge in [0.05, 0.1) is 24.0 Å². The maximum atomic E-state index is 12.5. The van der Waals surface area contributed by atoms with Crippen molar-refractivity contribution in [3.05, 3.63) is 35.2 Å². The van der Waals surface area contributed by atoms with E-state index in [0.29, 0.717) is 28.5 Å². The quantitative estimate of drug-likeness (QED) is 0.606. The minimum absolute atomic E-state index is 0.0406. The number of carbonyl (C=O) groups is 2. The van der Waals surface area contributed by atoms with Crippen LogP contribution in [0, 0.1) is 0 Å². The number of ether oxygens (including phenoxy) is 1. The summed E-state index contributed by atoms with van der Waals surface area (Å²) in [5.74, 6) is -0.399. The van der Waals surface area contributed by atoms with Gasteiger partial charge in [0.2, 0.25) is 0 Å². The first-order valence-electron chi connectivity index (χ1n) is 10.1. The van der Waals surface area contributed by atoms with E-state index in [-0.39, 0.29) is 13.0 Å². The normalized spacial score (nSPS) is 15.8. The summed E-state index contributed by atoms with van der Waals surface area (Å²) in [5, 5.41) is 5.72. The molecule has 168 valence electrons. The Morgan fingerprint density at radius 2 is 1.84 bits per heavy atom. The van der Waals surface area contributed by atoms with Crippen molar-refractivity contribution in [1.29, 1.82) is 0 Å². The second-order valence-electron chi connectivity index (χ2n) is 7.73. The maximum absolute atomic E-state index is 12.5. The molecule has 1 aromatic heterocycles. The summed E-state index contributed by atoms with van der Waals surface area (Å²) in [5.41, 5.74) is 1.43. The van der Waals surface area contributed by atoms with Gasteiger partial charge in [-0.3, -0.25) is 10.1 Å². The van der Waals surface area contributed by atoms with Crippen LogP contribution in [-0.2, 0) is 25.8 Å². The molecule has 0 saturated heterocycles. The third kappa shape index (κ3) is 5.62. The number of hydrogen-bond donors (Lipinski definition) is 2. The molecule has 0 unspecified atom stereocenters. The van der Waals surface area contributed by atoms with Crippen LogP contribution >= 0.6 is 11.3 Å². The molecular weight excluding hydrogens is 438 g/mol. The summed E-state index contributed by atoms with van der Waals surface area (Å²) in [6, 6.07) is 8.84. The Bertz CT molecular complexity index is 1030. The maximum Gasteiger partial charge on any atom is 0.321 e. The average molecular weight is 466 g/mol. The molecule has 0 radical (unpaired) electrons. The SMILES string of the molecule is COC(=O)Cc1sc(NC(=O)NCC2(S(C)(=O)=O)CCCCC2)nc1-c1ccccc1. The number of nitrogens with zero attached hydrogens (tertiary/aromatic N) is 1.